The normalized spacial score (nSPS) is 11.3. The number of nitrogens with zero attached hydrogens (tertiary/aromatic N) is 2. The van der Waals surface area contributed by atoms with E-state index in [-0.39, 0.29) is 5.69 Å². The summed E-state index contributed by atoms with van der Waals surface area (Å²) in [5.41, 5.74) is -1.30. The van der Waals surface area contributed by atoms with E-state index in [0.717, 1.165) is 6.20 Å². The van der Waals surface area contributed by atoms with Gasteiger partial charge < -0.3 is 10.1 Å². The van der Waals surface area contributed by atoms with Crippen LogP contribution < -0.4 is 10.1 Å². The fourth-order valence-corrected chi connectivity index (χ4v) is 2.56. The Bertz CT molecular complexity index is 951. The Balaban J connectivity index is 1.97. The summed E-state index contributed by atoms with van der Waals surface area (Å²) in [6.45, 7) is 0. The molecule has 140 valence electrons. The maximum absolute atomic E-state index is 13.6. The van der Waals surface area contributed by atoms with Gasteiger partial charge in [0.05, 0.1) is 24.6 Å². The van der Waals surface area contributed by atoms with Crippen molar-refractivity contribution in [1.82, 2.24) is 9.78 Å². The predicted octanol–water partition coefficient (Wildman–Crippen LogP) is 4.81. The molecule has 5 nitrogen and oxygen atoms in total. The Morgan fingerprint density at radius 1 is 1.11 bits per heavy atom. The molecule has 3 aromatic rings. The first-order chi connectivity index (χ1) is 12.8. The van der Waals surface area contributed by atoms with E-state index in [2.05, 4.69) is 10.4 Å². The lowest BCUT2D eigenvalue weighted by molar-refractivity contribution is -0.143. The number of halogens is 4. The van der Waals surface area contributed by atoms with Crippen molar-refractivity contribution < 1.29 is 22.7 Å². The van der Waals surface area contributed by atoms with Gasteiger partial charge in [0.2, 0.25) is 0 Å². The number of aromatic nitrogens is 2. The van der Waals surface area contributed by atoms with Crippen LogP contribution in [0.3, 0.4) is 0 Å². The summed E-state index contributed by atoms with van der Waals surface area (Å²) in [5.74, 6) is -0.368. The summed E-state index contributed by atoms with van der Waals surface area (Å²) < 4.78 is 46.5. The second-order valence-electron chi connectivity index (χ2n) is 5.48. The van der Waals surface area contributed by atoms with Crippen LogP contribution in [0.1, 0.15) is 16.1 Å². The van der Waals surface area contributed by atoms with Crippen LogP contribution >= 0.6 is 11.6 Å². The number of anilines is 1. The number of carbonyl (C=O) groups is 1. The molecule has 1 aromatic heterocycles. The van der Waals surface area contributed by atoms with Gasteiger partial charge in [-0.1, -0.05) is 11.6 Å². The van der Waals surface area contributed by atoms with E-state index in [1.54, 1.807) is 12.1 Å². The fourth-order valence-electron chi connectivity index (χ4n) is 2.44. The van der Waals surface area contributed by atoms with Gasteiger partial charge in [0.1, 0.15) is 5.75 Å². The molecule has 0 bridgehead atoms. The average molecular weight is 396 g/mol. The predicted molar refractivity (Wildman–Crippen MR) is 94.5 cm³/mol. The number of amides is 1. The molecule has 0 aliphatic heterocycles. The van der Waals surface area contributed by atoms with Crippen molar-refractivity contribution in [3.05, 3.63) is 71.0 Å². The Morgan fingerprint density at radius 2 is 1.74 bits per heavy atom. The number of carbonyl (C=O) groups excluding carboxylic acids is 1. The molecule has 0 atom stereocenters. The molecule has 27 heavy (non-hydrogen) atoms. The lowest BCUT2D eigenvalue weighted by Gasteiger charge is -2.13. The molecule has 1 N–H and O–H groups in total. The van der Waals surface area contributed by atoms with E-state index in [9.17, 15) is 18.0 Å². The zero-order valence-corrected chi connectivity index (χ0v) is 14.7. The van der Waals surface area contributed by atoms with E-state index in [0.29, 0.717) is 21.1 Å². The van der Waals surface area contributed by atoms with E-state index < -0.39 is 23.3 Å². The summed E-state index contributed by atoms with van der Waals surface area (Å²) in [6, 6.07) is 11.9. The minimum absolute atomic E-state index is 0.134. The number of alkyl halides is 3. The Kier molecular flexibility index (Phi) is 5.09. The Labute approximate surface area is 157 Å². The van der Waals surface area contributed by atoms with Crippen LogP contribution in [0.2, 0.25) is 5.02 Å². The first-order valence-electron chi connectivity index (χ1n) is 7.66. The SMILES string of the molecule is COc1ccc(NC(=O)c2cnn(-c3ccc(Cl)cc3)c2C(F)(F)F)cc1. The molecule has 0 unspecified atom stereocenters. The Hall–Kier alpha value is -3.00. The first kappa shape index (κ1) is 18.8. The van der Waals surface area contributed by atoms with Gasteiger partial charge in [-0.25, -0.2) is 4.68 Å². The third-order valence-corrected chi connectivity index (χ3v) is 3.95. The topological polar surface area (TPSA) is 56.1 Å². The lowest BCUT2D eigenvalue weighted by atomic mass is 10.2. The van der Waals surface area contributed by atoms with Crippen LogP contribution in [0.25, 0.3) is 5.69 Å². The van der Waals surface area contributed by atoms with Crippen molar-refractivity contribution in [3.8, 4) is 11.4 Å². The maximum Gasteiger partial charge on any atom is 0.434 e. The van der Waals surface area contributed by atoms with Crippen molar-refractivity contribution in [3.63, 3.8) is 0 Å². The van der Waals surface area contributed by atoms with Gasteiger partial charge in [-0.2, -0.15) is 18.3 Å². The molecule has 0 radical (unpaired) electrons. The highest BCUT2D eigenvalue weighted by molar-refractivity contribution is 6.30. The monoisotopic (exact) mass is 395 g/mol. The van der Waals surface area contributed by atoms with Gasteiger partial charge >= 0.3 is 6.18 Å². The smallest absolute Gasteiger partial charge is 0.434 e. The van der Waals surface area contributed by atoms with Crippen molar-refractivity contribution in [1.29, 1.82) is 0 Å². The van der Waals surface area contributed by atoms with Gasteiger partial charge in [-0.15, -0.1) is 0 Å². The van der Waals surface area contributed by atoms with Crippen LogP contribution in [-0.2, 0) is 6.18 Å². The third kappa shape index (κ3) is 4.06. The molecule has 0 aliphatic rings. The van der Waals surface area contributed by atoms with Crippen LogP contribution in [0.15, 0.2) is 54.7 Å². The molecule has 0 saturated carbocycles. The molecule has 3 rings (SSSR count). The van der Waals surface area contributed by atoms with E-state index >= 15 is 0 Å². The maximum atomic E-state index is 13.6. The molecule has 0 saturated heterocycles. The highest BCUT2D eigenvalue weighted by atomic mass is 35.5. The summed E-state index contributed by atoms with van der Waals surface area (Å²) >= 11 is 5.77. The first-order valence-corrected chi connectivity index (χ1v) is 8.04. The second-order valence-corrected chi connectivity index (χ2v) is 5.91. The minimum Gasteiger partial charge on any atom is -0.497 e. The average Bonchev–Trinajstić information content (AvgIpc) is 3.09. The third-order valence-electron chi connectivity index (χ3n) is 3.70. The van der Waals surface area contributed by atoms with Crippen LogP contribution in [0.4, 0.5) is 18.9 Å². The standard InChI is InChI=1S/C18H13ClF3N3O2/c1-27-14-8-4-12(5-9-14)24-17(26)15-10-23-25(16(15)18(20,21)22)13-6-2-11(19)3-7-13/h2-10H,1H3,(H,24,26). The van der Waals surface area contributed by atoms with Crippen LogP contribution in [-0.4, -0.2) is 22.8 Å². The Morgan fingerprint density at radius 3 is 2.30 bits per heavy atom. The largest absolute Gasteiger partial charge is 0.497 e. The number of hydrogen-bond acceptors (Lipinski definition) is 3. The van der Waals surface area contributed by atoms with Gasteiger partial charge in [0.25, 0.3) is 5.91 Å². The molecule has 1 heterocycles. The molecule has 1 amide bonds. The van der Waals surface area contributed by atoms with Gasteiger partial charge in [-0.05, 0) is 48.5 Å². The van der Waals surface area contributed by atoms with E-state index in [1.807, 2.05) is 0 Å². The van der Waals surface area contributed by atoms with Crippen LogP contribution in [0.5, 0.6) is 5.75 Å². The fraction of sp³-hybridized carbons (Fsp3) is 0.111. The lowest BCUT2D eigenvalue weighted by Crippen LogP contribution is -2.20. The summed E-state index contributed by atoms with van der Waals surface area (Å²) in [6.07, 6.45) is -3.90. The zero-order valence-electron chi connectivity index (χ0n) is 13.9. The van der Waals surface area contributed by atoms with Gasteiger partial charge in [0.15, 0.2) is 5.69 Å². The molecule has 0 fully saturated rings. The number of methoxy groups -OCH3 is 1. The van der Waals surface area contributed by atoms with E-state index in [4.69, 9.17) is 16.3 Å². The van der Waals surface area contributed by atoms with Gasteiger partial charge in [0, 0.05) is 10.7 Å². The van der Waals surface area contributed by atoms with Crippen LogP contribution in [0, 0.1) is 0 Å². The number of nitrogens with one attached hydrogen (secondary N) is 1. The number of benzene rings is 2. The summed E-state index contributed by atoms with van der Waals surface area (Å²) in [7, 11) is 1.48. The van der Waals surface area contributed by atoms with Crippen molar-refractivity contribution in [2.45, 2.75) is 6.18 Å². The summed E-state index contributed by atoms with van der Waals surface area (Å²) in [5, 5.41) is 6.54. The molecule has 9 heteroatoms. The molecular weight excluding hydrogens is 383 g/mol. The molecule has 0 spiro atoms. The van der Waals surface area contributed by atoms with E-state index in [1.165, 1.54) is 43.5 Å². The highest BCUT2D eigenvalue weighted by Gasteiger charge is 2.40. The second kappa shape index (κ2) is 7.32. The molecule has 2 aromatic carbocycles. The number of rotatable bonds is 4. The highest BCUT2D eigenvalue weighted by Crippen LogP contribution is 2.34. The number of ether oxygens (including phenoxy) is 1. The molecular formula is C18H13ClF3N3O2. The molecule has 0 aliphatic carbocycles. The van der Waals surface area contributed by atoms with Crippen molar-refractivity contribution in [2.75, 3.05) is 12.4 Å². The van der Waals surface area contributed by atoms with Gasteiger partial charge in [-0.3, -0.25) is 4.79 Å². The zero-order chi connectivity index (χ0) is 19.6. The number of hydrogen-bond donors (Lipinski definition) is 1. The van der Waals surface area contributed by atoms with Crippen molar-refractivity contribution in [2.24, 2.45) is 0 Å². The minimum atomic E-state index is -4.79. The quantitative estimate of drug-likeness (QED) is 0.690. The van der Waals surface area contributed by atoms with Crippen molar-refractivity contribution >= 4 is 23.2 Å². The summed E-state index contributed by atoms with van der Waals surface area (Å²) in [4.78, 5) is 12.4.